The summed E-state index contributed by atoms with van der Waals surface area (Å²) in [5.74, 6) is 0. The predicted molar refractivity (Wildman–Crippen MR) is 77.2 cm³/mol. The molecule has 1 aromatic rings. The fourth-order valence-corrected chi connectivity index (χ4v) is 5.13. The third kappa shape index (κ3) is 2.63. The van der Waals surface area contributed by atoms with Crippen molar-refractivity contribution in [3.63, 3.8) is 0 Å². The van der Waals surface area contributed by atoms with Gasteiger partial charge in [0.2, 0.25) is 10.0 Å². The molecule has 2 unspecified atom stereocenters. The third-order valence-corrected chi connectivity index (χ3v) is 6.42. The van der Waals surface area contributed by atoms with Crippen molar-refractivity contribution in [1.29, 1.82) is 0 Å². The first-order valence-electron chi connectivity index (χ1n) is 7.43. The topological polar surface area (TPSA) is 71.8 Å². The number of fused-ring (bicyclic) bond motifs is 1. The summed E-state index contributed by atoms with van der Waals surface area (Å²) in [6, 6.07) is 1.51. The highest BCUT2D eigenvalue weighted by molar-refractivity contribution is 7.89. The van der Waals surface area contributed by atoms with E-state index in [0.29, 0.717) is 18.8 Å². The van der Waals surface area contributed by atoms with Gasteiger partial charge in [-0.2, -0.15) is 4.31 Å². The number of ether oxygens (including phenoxy) is 1. The number of hydrogen-bond acceptors (Lipinski definition) is 4. The van der Waals surface area contributed by atoms with Crippen molar-refractivity contribution in [1.82, 2.24) is 8.87 Å². The van der Waals surface area contributed by atoms with Gasteiger partial charge in [0.1, 0.15) is 4.90 Å². The lowest BCUT2D eigenvalue weighted by molar-refractivity contribution is -0.0586. The summed E-state index contributed by atoms with van der Waals surface area (Å²) in [5, 5.41) is 9.25. The second-order valence-electron chi connectivity index (χ2n) is 5.81. The Labute approximate surface area is 125 Å². The van der Waals surface area contributed by atoms with Crippen molar-refractivity contribution >= 4 is 10.0 Å². The van der Waals surface area contributed by atoms with Crippen LogP contribution in [-0.4, -0.2) is 47.7 Å². The number of aliphatic hydroxyl groups excluding tert-OH is 1. The van der Waals surface area contributed by atoms with Gasteiger partial charge < -0.3 is 14.4 Å². The van der Waals surface area contributed by atoms with Gasteiger partial charge in [-0.1, -0.05) is 12.8 Å². The van der Waals surface area contributed by atoms with E-state index in [0.717, 1.165) is 25.7 Å². The summed E-state index contributed by atoms with van der Waals surface area (Å²) < 4.78 is 34.8. The summed E-state index contributed by atoms with van der Waals surface area (Å²) in [6.07, 6.45) is 5.57. The smallest absolute Gasteiger partial charge is 0.245 e. The van der Waals surface area contributed by atoms with E-state index >= 15 is 0 Å². The van der Waals surface area contributed by atoms with E-state index in [4.69, 9.17) is 4.74 Å². The maximum atomic E-state index is 12.9. The quantitative estimate of drug-likeness (QED) is 0.898. The van der Waals surface area contributed by atoms with Crippen LogP contribution in [0, 0.1) is 0 Å². The average molecular weight is 314 g/mol. The van der Waals surface area contributed by atoms with Crippen LogP contribution in [0.15, 0.2) is 17.2 Å². The molecular formula is C14H22N2O4S. The Kier molecular flexibility index (Phi) is 4.09. The van der Waals surface area contributed by atoms with Crippen LogP contribution in [0.3, 0.4) is 0 Å². The van der Waals surface area contributed by atoms with Crippen molar-refractivity contribution in [2.24, 2.45) is 7.05 Å². The molecule has 2 atom stereocenters. The van der Waals surface area contributed by atoms with Gasteiger partial charge in [0.05, 0.1) is 25.4 Å². The van der Waals surface area contributed by atoms with Gasteiger partial charge in [-0.25, -0.2) is 8.42 Å². The average Bonchev–Trinajstić information content (AvgIpc) is 2.88. The minimum absolute atomic E-state index is 0.0308. The first kappa shape index (κ1) is 15.0. The normalized spacial score (nSPS) is 27.5. The monoisotopic (exact) mass is 314 g/mol. The van der Waals surface area contributed by atoms with E-state index < -0.39 is 10.0 Å². The molecule has 1 aromatic heterocycles. The van der Waals surface area contributed by atoms with Gasteiger partial charge in [0.25, 0.3) is 0 Å². The molecule has 2 aliphatic rings. The largest absolute Gasteiger partial charge is 0.390 e. The van der Waals surface area contributed by atoms with Crippen molar-refractivity contribution in [2.45, 2.75) is 49.3 Å². The van der Waals surface area contributed by atoms with E-state index in [2.05, 4.69) is 0 Å². The standard InChI is InChI=1S/C14H22N2O4S/c1-15-9-12(8-11(15)10-17)21(18,19)16-6-7-20-14-5-3-2-4-13(14)16/h8-9,13-14,17H,2-7,10H2,1H3. The van der Waals surface area contributed by atoms with Crippen LogP contribution in [-0.2, 0) is 28.4 Å². The molecule has 7 heteroatoms. The number of aliphatic hydroxyl groups is 1. The van der Waals surface area contributed by atoms with Crippen LogP contribution in [0.2, 0.25) is 0 Å². The Bertz CT molecular complexity index is 608. The van der Waals surface area contributed by atoms with E-state index in [1.807, 2.05) is 0 Å². The Morgan fingerprint density at radius 2 is 2.14 bits per heavy atom. The zero-order valence-electron chi connectivity index (χ0n) is 12.2. The number of aryl methyl sites for hydroxylation is 1. The van der Waals surface area contributed by atoms with Crippen molar-refractivity contribution in [3.05, 3.63) is 18.0 Å². The molecule has 1 N–H and O–H groups in total. The van der Waals surface area contributed by atoms with Crippen molar-refractivity contribution in [3.8, 4) is 0 Å². The Morgan fingerprint density at radius 3 is 2.86 bits per heavy atom. The Morgan fingerprint density at radius 1 is 1.38 bits per heavy atom. The second-order valence-corrected chi connectivity index (χ2v) is 7.70. The minimum Gasteiger partial charge on any atom is -0.390 e. The summed E-state index contributed by atoms with van der Waals surface area (Å²) in [4.78, 5) is 0.264. The fourth-order valence-electron chi connectivity index (χ4n) is 3.37. The highest BCUT2D eigenvalue weighted by atomic mass is 32.2. The number of sulfonamides is 1. The molecule has 118 valence electrons. The molecule has 1 saturated heterocycles. The Hall–Kier alpha value is -0.890. The SMILES string of the molecule is Cn1cc(S(=O)(=O)N2CCOC3CCCCC32)cc1CO. The maximum absolute atomic E-state index is 12.9. The van der Waals surface area contributed by atoms with Crippen LogP contribution in [0.5, 0.6) is 0 Å². The summed E-state index contributed by atoms with van der Waals surface area (Å²) >= 11 is 0. The molecule has 1 saturated carbocycles. The molecule has 0 spiro atoms. The van der Waals surface area contributed by atoms with Gasteiger partial charge in [0.15, 0.2) is 0 Å². The van der Waals surface area contributed by atoms with Gasteiger partial charge in [-0.05, 0) is 18.9 Å². The third-order valence-electron chi connectivity index (χ3n) is 4.53. The molecule has 2 fully saturated rings. The summed E-state index contributed by atoms with van der Waals surface area (Å²) in [7, 11) is -1.78. The van der Waals surface area contributed by atoms with Crippen LogP contribution < -0.4 is 0 Å². The molecule has 0 radical (unpaired) electrons. The highest BCUT2D eigenvalue weighted by Gasteiger charge is 2.41. The molecule has 0 amide bonds. The summed E-state index contributed by atoms with van der Waals surface area (Å²) in [5.41, 5.74) is 0.599. The number of morpholine rings is 1. The molecule has 6 nitrogen and oxygen atoms in total. The predicted octanol–water partition coefficient (Wildman–Crippen LogP) is 0.849. The first-order valence-corrected chi connectivity index (χ1v) is 8.87. The van der Waals surface area contributed by atoms with Crippen molar-refractivity contribution < 1.29 is 18.3 Å². The van der Waals surface area contributed by atoms with E-state index in [9.17, 15) is 13.5 Å². The van der Waals surface area contributed by atoms with Gasteiger partial charge in [-0.15, -0.1) is 0 Å². The molecule has 0 aromatic carbocycles. The lowest BCUT2D eigenvalue weighted by Gasteiger charge is -2.42. The Balaban J connectivity index is 1.92. The van der Waals surface area contributed by atoms with Gasteiger partial charge in [0, 0.05) is 25.5 Å². The molecule has 3 rings (SSSR count). The number of aromatic nitrogens is 1. The lowest BCUT2D eigenvalue weighted by atomic mass is 9.91. The molecule has 1 aliphatic carbocycles. The zero-order valence-corrected chi connectivity index (χ0v) is 13.1. The number of rotatable bonds is 3. The van der Waals surface area contributed by atoms with Gasteiger partial charge in [-0.3, -0.25) is 0 Å². The van der Waals surface area contributed by atoms with Crippen LogP contribution in [0.25, 0.3) is 0 Å². The maximum Gasteiger partial charge on any atom is 0.245 e. The first-order chi connectivity index (χ1) is 10.0. The number of hydrogen-bond donors (Lipinski definition) is 1. The molecule has 2 heterocycles. The second kappa shape index (κ2) is 5.72. The van der Waals surface area contributed by atoms with Crippen LogP contribution in [0.1, 0.15) is 31.4 Å². The van der Waals surface area contributed by atoms with E-state index in [-0.39, 0.29) is 23.6 Å². The van der Waals surface area contributed by atoms with Crippen LogP contribution >= 0.6 is 0 Å². The summed E-state index contributed by atoms with van der Waals surface area (Å²) in [6.45, 7) is 0.703. The van der Waals surface area contributed by atoms with E-state index in [1.165, 1.54) is 0 Å². The van der Waals surface area contributed by atoms with E-state index in [1.54, 1.807) is 28.2 Å². The molecule has 0 bridgehead atoms. The highest BCUT2D eigenvalue weighted by Crippen LogP contribution is 2.32. The van der Waals surface area contributed by atoms with Crippen LogP contribution in [0.4, 0.5) is 0 Å². The molecular weight excluding hydrogens is 292 g/mol. The van der Waals surface area contributed by atoms with Gasteiger partial charge >= 0.3 is 0 Å². The van der Waals surface area contributed by atoms with Crippen molar-refractivity contribution in [2.75, 3.05) is 13.2 Å². The lowest BCUT2D eigenvalue weighted by Crippen LogP contribution is -2.54. The zero-order chi connectivity index (χ0) is 15.0. The molecule has 1 aliphatic heterocycles. The molecule has 21 heavy (non-hydrogen) atoms. The minimum atomic E-state index is -3.52. The fraction of sp³-hybridized carbons (Fsp3) is 0.714. The number of nitrogens with zero attached hydrogens (tertiary/aromatic N) is 2.